The quantitative estimate of drug-likeness (QED) is 0.735. The van der Waals surface area contributed by atoms with Crippen LogP contribution >= 0.6 is 0 Å². The summed E-state index contributed by atoms with van der Waals surface area (Å²) in [5.74, 6) is -0.682. The Labute approximate surface area is 84.9 Å². The van der Waals surface area contributed by atoms with Gasteiger partial charge in [-0.2, -0.15) is 0 Å². The van der Waals surface area contributed by atoms with Crippen molar-refractivity contribution in [2.75, 3.05) is 0 Å². The monoisotopic (exact) mass is 217 g/mol. The number of aliphatic carboxylic acids is 1. The van der Waals surface area contributed by atoms with Crippen molar-refractivity contribution in [1.82, 2.24) is 0 Å². The molecule has 0 aliphatic heterocycles. The molecule has 1 radical (unpaired) electrons. The maximum Gasteiger partial charge on any atom is 0.303 e. The van der Waals surface area contributed by atoms with Gasteiger partial charge in [-0.05, 0) is 18.3 Å². The molecule has 0 amide bonds. The third-order valence-corrected chi connectivity index (χ3v) is 1.57. The van der Waals surface area contributed by atoms with Gasteiger partial charge >= 0.3 is 5.97 Å². The summed E-state index contributed by atoms with van der Waals surface area (Å²) < 4.78 is 0. The minimum Gasteiger partial charge on any atom is -0.481 e. The summed E-state index contributed by atoms with van der Waals surface area (Å²) in [6.07, 6.45) is 3.26. The fourth-order valence-corrected chi connectivity index (χ4v) is 0.932. The number of rotatable bonds is 4. The molecule has 0 bridgehead atoms. The Hall–Kier alpha value is -0.0235. The van der Waals surface area contributed by atoms with E-state index in [-0.39, 0.29) is 16.8 Å². The van der Waals surface area contributed by atoms with Crippen molar-refractivity contribution in [1.29, 1.82) is 0 Å². The van der Waals surface area contributed by atoms with Crippen LogP contribution in [0.15, 0.2) is 0 Å². The average Bonchev–Trinajstić information content (AvgIpc) is 1.78. The second-order valence-corrected chi connectivity index (χ2v) is 4.16. The normalized spacial score (nSPS) is 10.6. The summed E-state index contributed by atoms with van der Waals surface area (Å²) in [5.41, 5.74) is 0.346. The van der Waals surface area contributed by atoms with E-state index in [0.29, 0.717) is 11.8 Å². The molecule has 1 N–H and O–H groups in total. The van der Waals surface area contributed by atoms with E-state index in [1.165, 1.54) is 0 Å². The largest absolute Gasteiger partial charge is 0.481 e. The zero-order valence-electron chi connectivity index (χ0n) is 8.02. The van der Waals surface area contributed by atoms with E-state index < -0.39 is 5.97 Å². The molecule has 75 valence electrons. The third-order valence-electron chi connectivity index (χ3n) is 1.57. The average molecular weight is 217 g/mol. The number of carboxylic acids is 1. The van der Waals surface area contributed by atoms with Crippen molar-refractivity contribution in [3.05, 3.63) is 0 Å². The van der Waals surface area contributed by atoms with Crippen LogP contribution in [-0.4, -0.2) is 11.1 Å². The Balaban J connectivity index is 0. The number of hydrogen-bond donors (Lipinski definition) is 1. The molecule has 3 heteroatoms. The van der Waals surface area contributed by atoms with Gasteiger partial charge in [0.1, 0.15) is 0 Å². The summed E-state index contributed by atoms with van der Waals surface area (Å²) in [4.78, 5) is 10.1. The summed E-state index contributed by atoms with van der Waals surface area (Å²) in [5, 5.41) is 8.34. The van der Waals surface area contributed by atoms with Gasteiger partial charge < -0.3 is 5.11 Å². The molecular weight excluding hydrogens is 199 g/mol. The molecule has 0 saturated carbocycles. The molecule has 0 aromatic carbocycles. The molecule has 0 saturated heterocycles. The molecule has 2 nitrogen and oxygen atoms in total. The van der Waals surface area contributed by atoms with Crippen LogP contribution in [0.3, 0.4) is 0 Å². The van der Waals surface area contributed by atoms with Gasteiger partial charge in [-0.25, -0.2) is 0 Å². The first-order valence-electron chi connectivity index (χ1n) is 4.13. The van der Waals surface area contributed by atoms with Crippen molar-refractivity contribution in [3.63, 3.8) is 0 Å². The third kappa shape index (κ3) is 12.6. The van der Waals surface area contributed by atoms with Gasteiger partial charge in [-0.1, -0.05) is 27.2 Å². The number of carboxylic acid groups (broad SMARTS) is 1. The fraction of sp³-hybridized carbons (Fsp3) is 0.889. The Morgan fingerprint density at radius 2 is 1.75 bits per heavy atom. The first kappa shape index (κ1) is 14.5. The smallest absolute Gasteiger partial charge is 0.303 e. The van der Waals surface area contributed by atoms with Gasteiger partial charge in [0, 0.05) is 23.2 Å². The number of unbranched alkanes of at least 4 members (excludes halogenated alkanes) is 1. The molecule has 0 heterocycles. The molecule has 0 aliphatic rings. The van der Waals surface area contributed by atoms with Gasteiger partial charge in [-0.15, -0.1) is 0 Å². The van der Waals surface area contributed by atoms with E-state index >= 15 is 0 Å². The van der Waals surface area contributed by atoms with Crippen LogP contribution in [0.5, 0.6) is 0 Å². The molecule has 0 aromatic rings. The van der Waals surface area contributed by atoms with Crippen molar-refractivity contribution < 1.29 is 26.7 Å². The van der Waals surface area contributed by atoms with Crippen molar-refractivity contribution in [2.45, 2.75) is 46.5 Å². The summed E-state index contributed by atoms with van der Waals surface area (Å²) >= 11 is 0. The topological polar surface area (TPSA) is 37.3 Å². The molecular formula is C9H18CoO2. The predicted molar refractivity (Wildman–Crippen MR) is 45.6 cm³/mol. The molecule has 0 aliphatic carbocycles. The van der Waals surface area contributed by atoms with E-state index in [9.17, 15) is 4.79 Å². The van der Waals surface area contributed by atoms with Crippen LogP contribution in [0.2, 0.25) is 0 Å². The van der Waals surface area contributed by atoms with Crippen LogP contribution in [0.25, 0.3) is 0 Å². The van der Waals surface area contributed by atoms with Gasteiger partial charge in [0.25, 0.3) is 0 Å². The Morgan fingerprint density at radius 3 is 2.08 bits per heavy atom. The van der Waals surface area contributed by atoms with Crippen LogP contribution < -0.4 is 0 Å². The fourth-order valence-electron chi connectivity index (χ4n) is 0.932. The van der Waals surface area contributed by atoms with Crippen LogP contribution in [0.1, 0.15) is 46.5 Å². The van der Waals surface area contributed by atoms with E-state index in [4.69, 9.17) is 5.11 Å². The van der Waals surface area contributed by atoms with Gasteiger partial charge in [-0.3, -0.25) is 4.79 Å². The molecule has 0 fully saturated rings. The molecule has 0 rings (SSSR count). The molecule has 0 atom stereocenters. The SMILES string of the molecule is CC(C)(C)CCCCC(=O)O.[Co]. The number of carbonyl (C=O) groups is 1. The van der Waals surface area contributed by atoms with E-state index in [2.05, 4.69) is 20.8 Å². The summed E-state index contributed by atoms with van der Waals surface area (Å²) in [6.45, 7) is 6.52. The Kier molecular flexibility index (Phi) is 7.84. The summed E-state index contributed by atoms with van der Waals surface area (Å²) in [7, 11) is 0. The van der Waals surface area contributed by atoms with Gasteiger partial charge in [0.05, 0.1) is 0 Å². The zero-order valence-corrected chi connectivity index (χ0v) is 9.06. The Bertz CT molecular complexity index is 127. The zero-order chi connectivity index (χ0) is 8.91. The predicted octanol–water partition coefficient (Wildman–Crippen LogP) is 2.68. The first-order valence-corrected chi connectivity index (χ1v) is 4.13. The Morgan fingerprint density at radius 1 is 1.25 bits per heavy atom. The van der Waals surface area contributed by atoms with Crippen molar-refractivity contribution >= 4 is 5.97 Å². The molecule has 12 heavy (non-hydrogen) atoms. The van der Waals surface area contributed by atoms with Gasteiger partial charge in [0.15, 0.2) is 0 Å². The summed E-state index contributed by atoms with van der Waals surface area (Å²) in [6, 6.07) is 0. The molecule has 0 spiro atoms. The van der Waals surface area contributed by atoms with Crippen LogP contribution in [0.4, 0.5) is 0 Å². The maximum absolute atomic E-state index is 10.1. The van der Waals surface area contributed by atoms with Crippen molar-refractivity contribution in [2.24, 2.45) is 5.41 Å². The van der Waals surface area contributed by atoms with Crippen molar-refractivity contribution in [3.8, 4) is 0 Å². The minimum absolute atomic E-state index is 0. The van der Waals surface area contributed by atoms with E-state index in [1.807, 2.05) is 0 Å². The second kappa shape index (κ2) is 6.49. The second-order valence-electron chi connectivity index (χ2n) is 4.16. The van der Waals surface area contributed by atoms with Crippen LogP contribution in [-0.2, 0) is 21.6 Å². The minimum atomic E-state index is -0.682. The van der Waals surface area contributed by atoms with E-state index in [0.717, 1.165) is 19.3 Å². The standard InChI is InChI=1S/C9H18O2.Co/c1-9(2,3)7-5-4-6-8(10)11;/h4-7H2,1-3H3,(H,10,11);. The molecule has 0 aromatic heterocycles. The van der Waals surface area contributed by atoms with Gasteiger partial charge in [0.2, 0.25) is 0 Å². The van der Waals surface area contributed by atoms with Crippen LogP contribution in [0, 0.1) is 5.41 Å². The maximum atomic E-state index is 10.1. The number of hydrogen-bond acceptors (Lipinski definition) is 1. The van der Waals surface area contributed by atoms with E-state index in [1.54, 1.807) is 0 Å². The first-order chi connectivity index (χ1) is 4.92. The molecule has 0 unspecified atom stereocenters.